The number of rotatable bonds is 6. The van der Waals surface area contributed by atoms with Crippen LogP contribution in [-0.2, 0) is 32.0 Å². The number of fused-ring (bicyclic) bond motifs is 2. The van der Waals surface area contributed by atoms with Crippen LogP contribution in [0.3, 0.4) is 0 Å². The summed E-state index contributed by atoms with van der Waals surface area (Å²) in [7, 11) is 0. The Labute approximate surface area is 215 Å². The molecule has 2 aromatic heterocycles. The van der Waals surface area contributed by atoms with Gasteiger partial charge in [0.15, 0.2) is 5.82 Å². The van der Waals surface area contributed by atoms with Gasteiger partial charge in [0.1, 0.15) is 17.8 Å². The molecule has 3 aliphatic rings. The molecule has 4 heterocycles. The van der Waals surface area contributed by atoms with E-state index in [0.717, 1.165) is 0 Å². The molecular weight excluding hydrogens is 480 g/mol. The van der Waals surface area contributed by atoms with Crippen molar-refractivity contribution in [2.75, 3.05) is 50.9 Å². The standard InChI is InChI=1S/C25H36N6O6/c1-6-17-20(28-8-10-29(11-9-28)24(34)37-25(3,4)5)22(33)31-23(30(17)12-18(32)36-7-2)26-21(27-31)19-15-13-35-14-16(15)19/h15-16,19H,6-14H2,1-5H3. The molecule has 0 N–H and O–H groups in total. The Balaban J connectivity index is 1.50. The summed E-state index contributed by atoms with van der Waals surface area (Å²) < 4.78 is 19.4. The topological polar surface area (TPSA) is 121 Å². The summed E-state index contributed by atoms with van der Waals surface area (Å²) in [6.07, 6.45) is 0.148. The smallest absolute Gasteiger partial charge is 0.410 e. The average molecular weight is 517 g/mol. The van der Waals surface area contributed by atoms with Crippen molar-refractivity contribution in [2.24, 2.45) is 11.8 Å². The number of piperazine rings is 1. The van der Waals surface area contributed by atoms with Gasteiger partial charge in [-0.3, -0.25) is 9.59 Å². The summed E-state index contributed by atoms with van der Waals surface area (Å²) in [6.45, 7) is 12.5. The molecule has 2 aromatic rings. The van der Waals surface area contributed by atoms with Crippen LogP contribution in [0.4, 0.5) is 10.5 Å². The first-order chi connectivity index (χ1) is 17.6. The first-order valence-corrected chi connectivity index (χ1v) is 13.1. The van der Waals surface area contributed by atoms with Crippen molar-refractivity contribution in [1.82, 2.24) is 24.1 Å². The normalized spacial score (nSPS) is 23.3. The van der Waals surface area contributed by atoms with Gasteiger partial charge in [-0.1, -0.05) is 6.92 Å². The predicted molar refractivity (Wildman–Crippen MR) is 134 cm³/mol. The van der Waals surface area contributed by atoms with E-state index in [9.17, 15) is 14.4 Å². The van der Waals surface area contributed by atoms with Crippen LogP contribution in [0.1, 0.15) is 52.1 Å². The van der Waals surface area contributed by atoms with Crippen molar-refractivity contribution in [1.29, 1.82) is 0 Å². The summed E-state index contributed by atoms with van der Waals surface area (Å²) >= 11 is 0. The van der Waals surface area contributed by atoms with E-state index in [1.165, 1.54) is 4.52 Å². The third kappa shape index (κ3) is 4.78. The molecule has 12 nitrogen and oxygen atoms in total. The highest BCUT2D eigenvalue weighted by Gasteiger charge is 2.57. The first kappa shape index (κ1) is 25.5. The number of hydrogen-bond donors (Lipinski definition) is 0. The Morgan fingerprint density at radius 1 is 1.08 bits per heavy atom. The lowest BCUT2D eigenvalue weighted by Crippen LogP contribution is -2.51. The van der Waals surface area contributed by atoms with Crippen LogP contribution in [0.25, 0.3) is 5.78 Å². The number of anilines is 1. The lowest BCUT2D eigenvalue weighted by atomic mass is 10.2. The van der Waals surface area contributed by atoms with Gasteiger partial charge in [0.25, 0.3) is 5.56 Å². The van der Waals surface area contributed by atoms with Crippen LogP contribution in [0.2, 0.25) is 0 Å². The van der Waals surface area contributed by atoms with Crippen molar-refractivity contribution in [3.8, 4) is 0 Å². The van der Waals surface area contributed by atoms with Crippen LogP contribution in [0.5, 0.6) is 0 Å². The number of hydrogen-bond acceptors (Lipinski definition) is 9. The molecule has 1 saturated carbocycles. The molecule has 0 aromatic carbocycles. The van der Waals surface area contributed by atoms with E-state index in [-0.39, 0.29) is 30.7 Å². The van der Waals surface area contributed by atoms with Crippen molar-refractivity contribution in [3.05, 3.63) is 21.9 Å². The molecule has 0 spiro atoms. The van der Waals surface area contributed by atoms with E-state index in [1.54, 1.807) is 16.4 Å². The molecule has 5 rings (SSSR count). The zero-order chi connectivity index (χ0) is 26.5. The summed E-state index contributed by atoms with van der Waals surface area (Å²) in [5.41, 5.74) is 0.346. The van der Waals surface area contributed by atoms with Crippen molar-refractivity contribution >= 4 is 23.5 Å². The van der Waals surface area contributed by atoms with Crippen LogP contribution in [0, 0.1) is 11.8 Å². The zero-order valence-electron chi connectivity index (χ0n) is 22.2. The Hall–Kier alpha value is -3.15. The largest absolute Gasteiger partial charge is 0.465 e. The van der Waals surface area contributed by atoms with Gasteiger partial charge in [-0.05, 0) is 46.0 Å². The van der Waals surface area contributed by atoms with Gasteiger partial charge in [-0.2, -0.15) is 9.50 Å². The molecule has 0 bridgehead atoms. The van der Waals surface area contributed by atoms with Gasteiger partial charge in [-0.25, -0.2) is 4.79 Å². The molecule has 37 heavy (non-hydrogen) atoms. The third-order valence-electron chi connectivity index (χ3n) is 7.27. The molecule has 2 atom stereocenters. The molecule has 2 unspecified atom stereocenters. The first-order valence-electron chi connectivity index (χ1n) is 13.1. The maximum Gasteiger partial charge on any atom is 0.410 e. The molecule has 202 valence electrons. The maximum absolute atomic E-state index is 13.8. The molecular formula is C25H36N6O6. The number of aromatic nitrogens is 4. The lowest BCUT2D eigenvalue weighted by Gasteiger charge is -2.37. The molecule has 2 saturated heterocycles. The molecule has 1 aliphatic carbocycles. The molecule has 1 amide bonds. The quantitative estimate of drug-likeness (QED) is 0.525. The summed E-state index contributed by atoms with van der Waals surface area (Å²) in [5.74, 6) is 1.53. The fourth-order valence-corrected chi connectivity index (χ4v) is 5.48. The molecule has 2 aliphatic heterocycles. The number of carbonyl (C=O) groups excluding carboxylic acids is 2. The van der Waals surface area contributed by atoms with Crippen LogP contribution in [-0.4, -0.2) is 87.7 Å². The van der Waals surface area contributed by atoms with E-state index in [4.69, 9.17) is 19.2 Å². The highest BCUT2D eigenvalue weighted by Crippen LogP contribution is 2.56. The number of carbonyl (C=O) groups is 2. The van der Waals surface area contributed by atoms with Crippen molar-refractivity contribution in [3.63, 3.8) is 0 Å². The third-order valence-corrected chi connectivity index (χ3v) is 7.27. The fraction of sp³-hybridized carbons (Fsp3) is 0.720. The Morgan fingerprint density at radius 3 is 2.35 bits per heavy atom. The summed E-state index contributed by atoms with van der Waals surface area (Å²) in [5, 5.41) is 4.64. The minimum absolute atomic E-state index is 0.0650. The SMILES string of the molecule is CCOC(=O)Cn1c(CC)c(N2CCN(C(=O)OC(C)(C)C)CC2)c(=O)n2nc(C3C4COCC43)nc12. The van der Waals surface area contributed by atoms with E-state index in [0.29, 0.717) is 80.6 Å². The fourth-order valence-electron chi connectivity index (χ4n) is 5.48. The van der Waals surface area contributed by atoms with Gasteiger partial charge >= 0.3 is 12.1 Å². The van der Waals surface area contributed by atoms with E-state index in [1.807, 2.05) is 32.6 Å². The Kier molecular flexibility index (Phi) is 6.63. The predicted octanol–water partition coefficient (Wildman–Crippen LogP) is 1.43. The van der Waals surface area contributed by atoms with E-state index < -0.39 is 11.6 Å². The zero-order valence-corrected chi connectivity index (χ0v) is 22.2. The Bertz CT molecular complexity index is 1250. The monoisotopic (exact) mass is 516 g/mol. The molecule has 0 radical (unpaired) electrons. The number of esters is 1. The maximum atomic E-state index is 13.8. The number of nitrogens with zero attached hydrogens (tertiary/aromatic N) is 6. The van der Waals surface area contributed by atoms with Crippen molar-refractivity contribution < 1.29 is 23.8 Å². The molecule has 12 heteroatoms. The highest BCUT2D eigenvalue weighted by atomic mass is 16.6. The Morgan fingerprint density at radius 2 is 1.76 bits per heavy atom. The van der Waals surface area contributed by atoms with Gasteiger partial charge < -0.3 is 28.6 Å². The summed E-state index contributed by atoms with van der Waals surface area (Å²) in [6, 6.07) is 0. The average Bonchev–Trinajstić information content (AvgIpc) is 3.17. The van der Waals surface area contributed by atoms with Gasteiger partial charge in [0.05, 0.1) is 25.5 Å². The number of amides is 1. The molecule has 3 fully saturated rings. The highest BCUT2D eigenvalue weighted by molar-refractivity contribution is 5.71. The van der Waals surface area contributed by atoms with E-state index >= 15 is 0 Å². The van der Waals surface area contributed by atoms with Crippen LogP contribution in [0.15, 0.2) is 4.79 Å². The van der Waals surface area contributed by atoms with Crippen molar-refractivity contribution in [2.45, 2.75) is 59.1 Å². The minimum atomic E-state index is -0.577. The van der Waals surface area contributed by atoms with Gasteiger partial charge in [0.2, 0.25) is 5.78 Å². The second-order valence-corrected chi connectivity index (χ2v) is 10.9. The van der Waals surface area contributed by atoms with Gasteiger partial charge in [-0.15, -0.1) is 5.10 Å². The second-order valence-electron chi connectivity index (χ2n) is 10.9. The van der Waals surface area contributed by atoms with E-state index in [2.05, 4.69) is 5.10 Å². The summed E-state index contributed by atoms with van der Waals surface area (Å²) in [4.78, 5) is 47.4. The van der Waals surface area contributed by atoms with Gasteiger partial charge in [0, 0.05) is 32.1 Å². The van der Waals surface area contributed by atoms with Crippen LogP contribution < -0.4 is 10.5 Å². The van der Waals surface area contributed by atoms with Crippen LogP contribution >= 0.6 is 0 Å². The second kappa shape index (κ2) is 9.62. The number of ether oxygens (including phenoxy) is 3. The lowest BCUT2D eigenvalue weighted by molar-refractivity contribution is -0.143. The minimum Gasteiger partial charge on any atom is -0.465 e.